The van der Waals surface area contributed by atoms with Crippen LogP contribution in [0.2, 0.25) is 0 Å². The van der Waals surface area contributed by atoms with Crippen molar-refractivity contribution in [3.63, 3.8) is 0 Å². The van der Waals surface area contributed by atoms with Crippen LogP contribution in [0.15, 0.2) is 12.1 Å². The van der Waals surface area contributed by atoms with E-state index >= 15 is 0 Å². The van der Waals surface area contributed by atoms with Crippen LogP contribution in [-0.2, 0) is 4.79 Å². The van der Waals surface area contributed by atoms with Crippen molar-refractivity contribution in [3.8, 4) is 5.75 Å². The molecule has 17 heavy (non-hydrogen) atoms. The third-order valence-electron chi connectivity index (χ3n) is 2.56. The second-order valence-corrected chi connectivity index (χ2v) is 4.25. The minimum atomic E-state index is -0.161. The Labute approximate surface area is 102 Å². The molecule has 3 N–H and O–H groups in total. The van der Waals surface area contributed by atoms with Crippen LogP contribution < -0.4 is 16.0 Å². The molecule has 0 atom stereocenters. The zero-order chi connectivity index (χ0) is 12.8. The number of aryl methyl sites for hydroxylation is 3. The fourth-order valence-corrected chi connectivity index (χ4v) is 1.87. The molecule has 4 heteroatoms. The Hall–Kier alpha value is -1.55. The predicted molar refractivity (Wildman–Crippen MR) is 67.7 cm³/mol. The lowest BCUT2D eigenvalue weighted by atomic mass is 10.1. The normalized spacial score (nSPS) is 10.1. The summed E-state index contributed by atoms with van der Waals surface area (Å²) in [6, 6.07) is 4.18. The van der Waals surface area contributed by atoms with Gasteiger partial charge in [0.2, 0.25) is 5.91 Å². The first kappa shape index (κ1) is 13.5. The molecule has 0 aliphatic rings. The molecule has 0 saturated heterocycles. The average molecular weight is 236 g/mol. The van der Waals surface area contributed by atoms with Gasteiger partial charge in [0.05, 0.1) is 6.61 Å². The number of carbonyl (C=O) groups excluding carboxylic acids is 1. The lowest BCUT2D eigenvalue weighted by molar-refractivity contribution is -0.121. The van der Waals surface area contributed by atoms with Crippen LogP contribution in [0.5, 0.6) is 5.75 Å². The van der Waals surface area contributed by atoms with E-state index in [2.05, 4.69) is 24.5 Å². The molecule has 0 radical (unpaired) electrons. The fourth-order valence-electron chi connectivity index (χ4n) is 1.87. The van der Waals surface area contributed by atoms with E-state index in [1.165, 1.54) is 5.56 Å². The molecule has 4 nitrogen and oxygen atoms in total. The Bertz CT molecular complexity index is 379. The minimum absolute atomic E-state index is 0.161. The van der Waals surface area contributed by atoms with Gasteiger partial charge in [0, 0.05) is 6.42 Å². The van der Waals surface area contributed by atoms with Crippen molar-refractivity contribution in [3.05, 3.63) is 28.8 Å². The average Bonchev–Trinajstić information content (AvgIpc) is 2.26. The van der Waals surface area contributed by atoms with Crippen molar-refractivity contribution in [2.75, 3.05) is 6.61 Å². The molecular weight excluding hydrogens is 216 g/mol. The molecule has 0 bridgehead atoms. The van der Waals surface area contributed by atoms with Crippen LogP contribution in [0.1, 0.15) is 29.5 Å². The SMILES string of the molecule is Cc1cc(C)c(OCCCC(=O)NN)c(C)c1. The summed E-state index contributed by atoms with van der Waals surface area (Å²) < 4.78 is 5.70. The van der Waals surface area contributed by atoms with Crippen molar-refractivity contribution in [1.29, 1.82) is 0 Å². The van der Waals surface area contributed by atoms with E-state index in [-0.39, 0.29) is 5.91 Å². The number of nitrogens with one attached hydrogen (secondary N) is 1. The van der Waals surface area contributed by atoms with Crippen molar-refractivity contribution < 1.29 is 9.53 Å². The maximum Gasteiger partial charge on any atom is 0.234 e. The van der Waals surface area contributed by atoms with Gasteiger partial charge in [-0.25, -0.2) is 5.84 Å². The number of ether oxygens (including phenoxy) is 1. The predicted octanol–water partition coefficient (Wildman–Crippen LogP) is 1.76. The van der Waals surface area contributed by atoms with E-state index in [0.29, 0.717) is 19.4 Å². The summed E-state index contributed by atoms with van der Waals surface area (Å²) in [6.07, 6.45) is 1.05. The molecule has 0 aliphatic heterocycles. The summed E-state index contributed by atoms with van der Waals surface area (Å²) in [7, 11) is 0. The number of amides is 1. The number of hydrogen-bond donors (Lipinski definition) is 2. The Balaban J connectivity index is 2.50. The van der Waals surface area contributed by atoms with E-state index in [1.807, 2.05) is 13.8 Å². The van der Waals surface area contributed by atoms with Crippen LogP contribution in [0, 0.1) is 20.8 Å². The first-order valence-corrected chi connectivity index (χ1v) is 5.74. The molecule has 0 saturated carbocycles. The highest BCUT2D eigenvalue weighted by Crippen LogP contribution is 2.24. The van der Waals surface area contributed by atoms with Gasteiger partial charge >= 0.3 is 0 Å². The molecule has 0 aliphatic carbocycles. The standard InChI is InChI=1S/C13H20N2O2/c1-9-7-10(2)13(11(3)8-9)17-6-4-5-12(16)15-14/h7-8H,4-6,14H2,1-3H3,(H,15,16). The Morgan fingerprint density at radius 1 is 1.29 bits per heavy atom. The molecule has 94 valence electrons. The summed E-state index contributed by atoms with van der Waals surface area (Å²) in [5, 5.41) is 0. The topological polar surface area (TPSA) is 64.3 Å². The number of hydrazine groups is 1. The van der Waals surface area contributed by atoms with Crippen molar-refractivity contribution in [1.82, 2.24) is 5.43 Å². The van der Waals surface area contributed by atoms with Gasteiger partial charge in [-0.15, -0.1) is 0 Å². The molecule has 1 aromatic carbocycles. The summed E-state index contributed by atoms with van der Waals surface area (Å²) in [4.78, 5) is 10.9. The van der Waals surface area contributed by atoms with Crippen LogP contribution in [-0.4, -0.2) is 12.5 Å². The first-order chi connectivity index (χ1) is 8.04. The Morgan fingerprint density at radius 3 is 2.41 bits per heavy atom. The number of benzene rings is 1. The second kappa shape index (κ2) is 6.25. The highest BCUT2D eigenvalue weighted by molar-refractivity contribution is 5.75. The van der Waals surface area contributed by atoms with Gasteiger partial charge < -0.3 is 4.74 Å². The monoisotopic (exact) mass is 236 g/mol. The minimum Gasteiger partial charge on any atom is -0.493 e. The van der Waals surface area contributed by atoms with Crippen LogP contribution in [0.3, 0.4) is 0 Å². The molecule has 1 aromatic rings. The van der Waals surface area contributed by atoms with E-state index in [1.54, 1.807) is 0 Å². The maximum absolute atomic E-state index is 10.9. The summed E-state index contributed by atoms with van der Waals surface area (Å²) in [5.41, 5.74) is 5.59. The maximum atomic E-state index is 10.9. The molecule has 0 aromatic heterocycles. The quantitative estimate of drug-likeness (QED) is 0.354. The van der Waals surface area contributed by atoms with Gasteiger partial charge in [-0.2, -0.15) is 0 Å². The molecule has 0 heterocycles. The molecule has 0 unspecified atom stereocenters. The van der Waals surface area contributed by atoms with Crippen molar-refractivity contribution >= 4 is 5.91 Å². The van der Waals surface area contributed by atoms with Crippen LogP contribution >= 0.6 is 0 Å². The van der Waals surface area contributed by atoms with Gasteiger partial charge in [-0.1, -0.05) is 17.7 Å². The van der Waals surface area contributed by atoms with E-state index in [4.69, 9.17) is 10.6 Å². The lowest BCUT2D eigenvalue weighted by Gasteiger charge is -2.12. The molecular formula is C13H20N2O2. The van der Waals surface area contributed by atoms with E-state index in [0.717, 1.165) is 16.9 Å². The van der Waals surface area contributed by atoms with Crippen molar-refractivity contribution in [2.45, 2.75) is 33.6 Å². The molecule has 1 amide bonds. The number of hydrogen-bond acceptors (Lipinski definition) is 3. The van der Waals surface area contributed by atoms with Gasteiger partial charge in [0.1, 0.15) is 5.75 Å². The highest BCUT2D eigenvalue weighted by atomic mass is 16.5. The van der Waals surface area contributed by atoms with Gasteiger partial charge in [0.15, 0.2) is 0 Å². The fraction of sp³-hybridized carbons (Fsp3) is 0.462. The van der Waals surface area contributed by atoms with Crippen LogP contribution in [0.4, 0.5) is 0 Å². The zero-order valence-electron chi connectivity index (χ0n) is 10.7. The first-order valence-electron chi connectivity index (χ1n) is 5.74. The van der Waals surface area contributed by atoms with Crippen molar-refractivity contribution in [2.24, 2.45) is 5.84 Å². The molecule has 0 fully saturated rings. The number of nitrogens with two attached hydrogens (primary N) is 1. The zero-order valence-corrected chi connectivity index (χ0v) is 10.7. The summed E-state index contributed by atoms with van der Waals surface area (Å²) in [6.45, 7) is 6.65. The summed E-state index contributed by atoms with van der Waals surface area (Å²) in [5.74, 6) is 5.75. The van der Waals surface area contributed by atoms with E-state index in [9.17, 15) is 4.79 Å². The number of rotatable bonds is 5. The largest absolute Gasteiger partial charge is 0.493 e. The Morgan fingerprint density at radius 2 is 1.88 bits per heavy atom. The third kappa shape index (κ3) is 4.07. The Kier molecular flexibility index (Phi) is 4.97. The molecule has 1 rings (SSSR count). The lowest BCUT2D eigenvalue weighted by Crippen LogP contribution is -2.30. The smallest absolute Gasteiger partial charge is 0.234 e. The van der Waals surface area contributed by atoms with Gasteiger partial charge in [0.25, 0.3) is 0 Å². The highest BCUT2D eigenvalue weighted by Gasteiger charge is 2.05. The second-order valence-electron chi connectivity index (χ2n) is 4.25. The van der Waals surface area contributed by atoms with Gasteiger partial charge in [-0.05, 0) is 38.3 Å². The summed E-state index contributed by atoms with van der Waals surface area (Å²) >= 11 is 0. The molecule has 0 spiro atoms. The van der Waals surface area contributed by atoms with Gasteiger partial charge in [-0.3, -0.25) is 10.2 Å². The number of carbonyl (C=O) groups is 1. The third-order valence-corrected chi connectivity index (χ3v) is 2.56. The van der Waals surface area contributed by atoms with E-state index < -0.39 is 0 Å². The van der Waals surface area contributed by atoms with Crippen LogP contribution in [0.25, 0.3) is 0 Å².